The molecule has 0 saturated carbocycles. The summed E-state index contributed by atoms with van der Waals surface area (Å²) >= 11 is 6.07. The lowest BCUT2D eigenvalue weighted by atomic mass is 10.1. The Labute approximate surface area is 204 Å². The summed E-state index contributed by atoms with van der Waals surface area (Å²) in [5.41, 5.74) is 1.21. The van der Waals surface area contributed by atoms with Gasteiger partial charge < -0.3 is 19.7 Å². The third-order valence-electron chi connectivity index (χ3n) is 5.45. The van der Waals surface area contributed by atoms with E-state index in [-0.39, 0.29) is 44.5 Å². The minimum Gasteiger partial charge on any atom is -0.454 e. The van der Waals surface area contributed by atoms with E-state index in [2.05, 4.69) is 5.32 Å². The Morgan fingerprint density at radius 3 is 2.56 bits per heavy atom. The monoisotopic (exact) mass is 509 g/mol. The second kappa shape index (κ2) is 11.0. The van der Waals surface area contributed by atoms with Crippen LogP contribution in [0.5, 0.6) is 11.5 Å². The molecule has 0 spiro atoms. The van der Waals surface area contributed by atoms with Gasteiger partial charge in [-0.2, -0.15) is 0 Å². The first-order valence-electron chi connectivity index (χ1n) is 10.7. The van der Waals surface area contributed by atoms with Gasteiger partial charge in [0.1, 0.15) is 6.04 Å². The number of hydrogen-bond donors (Lipinski definition) is 1. The highest BCUT2D eigenvalue weighted by atomic mass is 35.5. The van der Waals surface area contributed by atoms with Gasteiger partial charge in [-0.05, 0) is 43.2 Å². The number of ether oxygens (including phenoxy) is 2. The molecule has 2 amide bonds. The van der Waals surface area contributed by atoms with Gasteiger partial charge >= 0.3 is 0 Å². The van der Waals surface area contributed by atoms with Crippen molar-refractivity contribution in [2.75, 3.05) is 30.9 Å². The number of benzene rings is 2. The van der Waals surface area contributed by atoms with Crippen molar-refractivity contribution < 1.29 is 27.5 Å². The summed E-state index contributed by atoms with van der Waals surface area (Å²) in [6, 6.07) is 11.3. The van der Waals surface area contributed by atoms with Crippen LogP contribution in [0, 0.1) is 0 Å². The van der Waals surface area contributed by atoms with E-state index in [1.807, 2.05) is 6.07 Å². The van der Waals surface area contributed by atoms with Crippen LogP contribution >= 0.6 is 11.6 Å². The Morgan fingerprint density at radius 2 is 1.88 bits per heavy atom. The number of halogens is 1. The number of carbonyl (C=O) groups is 2. The lowest BCUT2D eigenvalue weighted by Gasteiger charge is -2.29. The number of nitrogens with one attached hydrogen (secondary N) is 1. The van der Waals surface area contributed by atoms with Crippen molar-refractivity contribution in [1.82, 2.24) is 10.2 Å². The van der Waals surface area contributed by atoms with Crippen molar-refractivity contribution in [2.45, 2.75) is 32.4 Å². The molecule has 1 heterocycles. The quantitative estimate of drug-likeness (QED) is 0.528. The SMILES string of the molecule is CNC(=O)[C@H](C)N(Cc1cccc(Cl)c1)C(=O)CCCN(c1ccc2c(c1)OCO2)S(C)(=O)=O. The zero-order chi connectivity index (χ0) is 24.9. The van der Waals surface area contributed by atoms with Crippen molar-refractivity contribution in [1.29, 1.82) is 0 Å². The lowest BCUT2D eigenvalue weighted by Crippen LogP contribution is -2.46. The van der Waals surface area contributed by atoms with Crippen molar-refractivity contribution in [3.8, 4) is 11.5 Å². The van der Waals surface area contributed by atoms with Crippen LogP contribution in [0.25, 0.3) is 0 Å². The van der Waals surface area contributed by atoms with E-state index < -0.39 is 16.1 Å². The van der Waals surface area contributed by atoms with Crippen LogP contribution in [-0.4, -0.2) is 57.8 Å². The van der Waals surface area contributed by atoms with Gasteiger partial charge in [0.2, 0.25) is 28.6 Å². The molecule has 184 valence electrons. The van der Waals surface area contributed by atoms with Crippen LogP contribution in [-0.2, 0) is 26.2 Å². The van der Waals surface area contributed by atoms with Gasteiger partial charge in [0, 0.05) is 37.6 Å². The highest BCUT2D eigenvalue weighted by Gasteiger charge is 2.26. The van der Waals surface area contributed by atoms with Crippen molar-refractivity contribution >= 4 is 39.1 Å². The molecule has 3 rings (SSSR count). The molecule has 0 fully saturated rings. The normalized spacial score (nSPS) is 13.3. The first kappa shape index (κ1) is 25.6. The first-order chi connectivity index (χ1) is 16.1. The number of hydrogen-bond acceptors (Lipinski definition) is 6. The van der Waals surface area contributed by atoms with Gasteiger partial charge in [0.05, 0.1) is 11.9 Å². The number of rotatable bonds is 10. The van der Waals surface area contributed by atoms with E-state index in [1.54, 1.807) is 43.3 Å². The van der Waals surface area contributed by atoms with E-state index in [4.69, 9.17) is 21.1 Å². The van der Waals surface area contributed by atoms with Crippen LogP contribution in [0.2, 0.25) is 5.02 Å². The van der Waals surface area contributed by atoms with Gasteiger partial charge in [-0.25, -0.2) is 8.42 Å². The second-order valence-electron chi connectivity index (χ2n) is 7.92. The van der Waals surface area contributed by atoms with Crippen molar-refractivity contribution in [2.24, 2.45) is 0 Å². The Kier molecular flexibility index (Phi) is 8.27. The van der Waals surface area contributed by atoms with Crippen LogP contribution in [0.1, 0.15) is 25.3 Å². The third-order valence-corrected chi connectivity index (χ3v) is 6.88. The summed E-state index contributed by atoms with van der Waals surface area (Å²) in [6.45, 7) is 2.02. The average molecular weight is 510 g/mol. The van der Waals surface area contributed by atoms with Crippen LogP contribution in [0.4, 0.5) is 5.69 Å². The molecule has 1 aliphatic rings. The first-order valence-corrected chi connectivity index (χ1v) is 13.0. The number of carbonyl (C=O) groups excluding carboxylic acids is 2. The smallest absolute Gasteiger partial charge is 0.242 e. The molecule has 34 heavy (non-hydrogen) atoms. The van der Waals surface area contributed by atoms with Gasteiger partial charge in [-0.15, -0.1) is 0 Å². The molecule has 0 unspecified atom stereocenters. The van der Waals surface area contributed by atoms with E-state index in [1.165, 1.54) is 16.3 Å². The van der Waals surface area contributed by atoms with Crippen LogP contribution < -0.4 is 19.1 Å². The van der Waals surface area contributed by atoms with Crippen molar-refractivity contribution in [3.63, 3.8) is 0 Å². The summed E-state index contributed by atoms with van der Waals surface area (Å²) in [5.74, 6) is 0.449. The topological polar surface area (TPSA) is 105 Å². The van der Waals surface area contributed by atoms with Gasteiger partial charge in [-0.3, -0.25) is 13.9 Å². The number of likely N-dealkylation sites (N-methyl/N-ethyl adjacent to an activating group) is 1. The Balaban J connectivity index is 1.72. The fourth-order valence-electron chi connectivity index (χ4n) is 3.67. The molecule has 0 aliphatic carbocycles. The number of amides is 2. The van der Waals surface area contributed by atoms with Crippen LogP contribution in [0.3, 0.4) is 0 Å². The summed E-state index contributed by atoms with van der Waals surface area (Å²) < 4.78 is 36.7. The zero-order valence-corrected chi connectivity index (χ0v) is 20.9. The summed E-state index contributed by atoms with van der Waals surface area (Å²) in [4.78, 5) is 26.9. The van der Waals surface area contributed by atoms with Gasteiger partial charge in [0.25, 0.3) is 0 Å². The maximum Gasteiger partial charge on any atom is 0.242 e. The molecule has 0 saturated heterocycles. The van der Waals surface area contributed by atoms with Gasteiger partial charge in [-0.1, -0.05) is 23.7 Å². The molecule has 0 aromatic heterocycles. The highest BCUT2D eigenvalue weighted by molar-refractivity contribution is 7.92. The lowest BCUT2D eigenvalue weighted by molar-refractivity contribution is -0.140. The molecule has 2 aromatic carbocycles. The second-order valence-corrected chi connectivity index (χ2v) is 10.3. The van der Waals surface area contributed by atoms with Crippen molar-refractivity contribution in [3.05, 3.63) is 53.1 Å². The van der Waals surface area contributed by atoms with Crippen LogP contribution in [0.15, 0.2) is 42.5 Å². The fourth-order valence-corrected chi connectivity index (χ4v) is 4.84. The summed E-state index contributed by atoms with van der Waals surface area (Å²) in [5, 5.41) is 3.10. The van der Waals surface area contributed by atoms with E-state index in [0.717, 1.165) is 11.8 Å². The number of nitrogens with zero attached hydrogens (tertiary/aromatic N) is 2. The predicted molar refractivity (Wildman–Crippen MR) is 130 cm³/mol. The summed E-state index contributed by atoms with van der Waals surface area (Å²) in [7, 11) is -2.10. The summed E-state index contributed by atoms with van der Waals surface area (Å²) in [6.07, 6.45) is 1.42. The zero-order valence-electron chi connectivity index (χ0n) is 19.3. The predicted octanol–water partition coefficient (Wildman–Crippen LogP) is 2.78. The number of fused-ring (bicyclic) bond motifs is 1. The largest absolute Gasteiger partial charge is 0.454 e. The third kappa shape index (κ3) is 6.32. The molecule has 0 bridgehead atoms. The van der Waals surface area contributed by atoms with Gasteiger partial charge in [0.15, 0.2) is 11.5 Å². The maximum absolute atomic E-state index is 13.1. The Bertz CT molecular complexity index is 1160. The van der Waals surface area contributed by atoms with E-state index >= 15 is 0 Å². The Hall–Kier alpha value is -2.98. The van der Waals surface area contributed by atoms with E-state index in [9.17, 15) is 18.0 Å². The Morgan fingerprint density at radius 1 is 1.15 bits per heavy atom. The highest BCUT2D eigenvalue weighted by Crippen LogP contribution is 2.36. The molecule has 0 radical (unpaired) electrons. The molecule has 1 aliphatic heterocycles. The molecule has 11 heteroatoms. The maximum atomic E-state index is 13.1. The standard InChI is InChI=1S/C23H28ClN3O6S/c1-16(23(29)25-2)26(14-17-6-4-7-18(24)12-17)22(28)8-5-11-27(34(3,30)31)19-9-10-20-21(13-19)33-15-32-20/h4,6-7,9-10,12-13,16H,5,8,11,14-15H2,1-3H3,(H,25,29)/t16-/m0/s1. The molecule has 2 aromatic rings. The molecule has 9 nitrogen and oxygen atoms in total. The minimum absolute atomic E-state index is 0.0540. The number of sulfonamides is 1. The minimum atomic E-state index is -3.61. The number of anilines is 1. The fraction of sp³-hybridized carbons (Fsp3) is 0.391. The van der Waals surface area contributed by atoms with E-state index in [0.29, 0.717) is 22.2 Å². The molecule has 1 N–H and O–H groups in total. The average Bonchev–Trinajstić information content (AvgIpc) is 3.26. The molecular weight excluding hydrogens is 482 g/mol. The molecular formula is C23H28ClN3O6S. The molecule has 1 atom stereocenters.